The van der Waals surface area contributed by atoms with Crippen molar-refractivity contribution in [2.24, 2.45) is 0 Å². The van der Waals surface area contributed by atoms with Crippen molar-refractivity contribution in [3.63, 3.8) is 0 Å². The van der Waals surface area contributed by atoms with Crippen molar-refractivity contribution in [2.45, 2.75) is 6.04 Å². The van der Waals surface area contributed by atoms with E-state index in [2.05, 4.69) is 37.2 Å². The van der Waals surface area contributed by atoms with E-state index in [9.17, 15) is 9.90 Å². The third kappa shape index (κ3) is 3.58. The van der Waals surface area contributed by atoms with Gasteiger partial charge in [0.15, 0.2) is 6.04 Å². The molecule has 0 aliphatic heterocycles. The minimum Gasteiger partial charge on any atom is -0.479 e. The van der Waals surface area contributed by atoms with E-state index in [1.165, 1.54) is 0 Å². The molecule has 0 spiro atoms. The van der Waals surface area contributed by atoms with Crippen LogP contribution in [-0.2, 0) is 4.79 Å². The number of carboxylic acid groups (broad SMARTS) is 1. The Kier molecular flexibility index (Phi) is 4.61. The molecule has 0 aliphatic carbocycles. The van der Waals surface area contributed by atoms with Crippen molar-refractivity contribution in [3.8, 4) is 0 Å². The number of nitrogens with one attached hydrogen (secondary N) is 1. The second kappa shape index (κ2) is 6.21. The maximum absolute atomic E-state index is 11.4. The van der Waals surface area contributed by atoms with Crippen molar-refractivity contribution < 1.29 is 9.90 Å². The molecule has 2 aromatic carbocycles. The Hall–Kier alpha value is -1.33. The normalized spacial score (nSPS) is 11.9. The van der Waals surface area contributed by atoms with Crippen molar-refractivity contribution in [1.82, 2.24) is 0 Å². The Balaban J connectivity index is 2.29. The number of halogens is 2. The highest BCUT2D eigenvalue weighted by atomic mass is 79.9. The van der Waals surface area contributed by atoms with Gasteiger partial charge in [-0.3, -0.25) is 0 Å². The lowest BCUT2D eigenvalue weighted by Crippen LogP contribution is -2.20. The lowest BCUT2D eigenvalue weighted by atomic mass is 10.1. The third-order valence-electron chi connectivity index (χ3n) is 2.62. The Morgan fingerprint density at radius 3 is 2.26 bits per heavy atom. The van der Waals surface area contributed by atoms with Crippen LogP contribution in [0.3, 0.4) is 0 Å². The molecule has 0 amide bonds. The van der Waals surface area contributed by atoms with Crippen LogP contribution in [0.2, 0.25) is 0 Å². The molecule has 1 unspecified atom stereocenters. The third-order valence-corrected chi connectivity index (χ3v) is 3.84. The van der Waals surface area contributed by atoms with E-state index < -0.39 is 12.0 Å². The highest BCUT2D eigenvalue weighted by Crippen LogP contribution is 2.27. The molecule has 0 saturated heterocycles. The van der Waals surface area contributed by atoms with Crippen LogP contribution in [0.15, 0.2) is 57.5 Å². The van der Waals surface area contributed by atoms with Gasteiger partial charge in [-0.25, -0.2) is 4.79 Å². The molecular formula is C14H11Br2NO2. The summed E-state index contributed by atoms with van der Waals surface area (Å²) in [7, 11) is 0. The summed E-state index contributed by atoms with van der Waals surface area (Å²) in [4.78, 5) is 11.4. The Morgan fingerprint density at radius 1 is 1.05 bits per heavy atom. The summed E-state index contributed by atoms with van der Waals surface area (Å²) in [6.45, 7) is 0. The highest BCUT2D eigenvalue weighted by Gasteiger charge is 2.20. The number of anilines is 1. The standard InChI is InChI=1S/C14H11Br2NO2/c15-10-7-5-9(6-8-10)13(14(18)19)17-12-4-2-1-3-11(12)16/h1-8,13,17H,(H,18,19). The van der Waals surface area contributed by atoms with E-state index in [0.717, 1.165) is 14.6 Å². The highest BCUT2D eigenvalue weighted by molar-refractivity contribution is 9.10. The van der Waals surface area contributed by atoms with Crippen molar-refractivity contribution >= 4 is 43.5 Å². The number of hydrogen-bond donors (Lipinski definition) is 2. The van der Waals surface area contributed by atoms with Gasteiger partial charge in [-0.15, -0.1) is 0 Å². The smallest absolute Gasteiger partial charge is 0.330 e. The number of para-hydroxylation sites is 1. The zero-order valence-electron chi connectivity index (χ0n) is 9.81. The minimum absolute atomic E-state index is 0.700. The van der Waals surface area contributed by atoms with Crippen LogP contribution in [0.4, 0.5) is 5.69 Å². The number of aliphatic carboxylic acids is 1. The molecular weight excluding hydrogens is 374 g/mol. The number of rotatable bonds is 4. The molecule has 0 heterocycles. The van der Waals surface area contributed by atoms with Crippen LogP contribution in [0.5, 0.6) is 0 Å². The molecule has 2 aromatic rings. The first-order valence-electron chi connectivity index (χ1n) is 5.57. The van der Waals surface area contributed by atoms with Crippen LogP contribution in [-0.4, -0.2) is 11.1 Å². The SMILES string of the molecule is O=C(O)C(Nc1ccccc1Br)c1ccc(Br)cc1. The van der Waals surface area contributed by atoms with E-state index >= 15 is 0 Å². The van der Waals surface area contributed by atoms with Crippen LogP contribution in [0.25, 0.3) is 0 Å². The molecule has 0 fully saturated rings. The summed E-state index contributed by atoms with van der Waals surface area (Å²) in [6, 6.07) is 13.9. The summed E-state index contributed by atoms with van der Waals surface area (Å²) in [5.41, 5.74) is 1.45. The molecule has 98 valence electrons. The molecule has 19 heavy (non-hydrogen) atoms. The van der Waals surface area contributed by atoms with Gasteiger partial charge in [0.1, 0.15) is 0 Å². The second-order valence-corrected chi connectivity index (χ2v) is 5.72. The zero-order valence-corrected chi connectivity index (χ0v) is 13.0. The van der Waals surface area contributed by atoms with Gasteiger partial charge < -0.3 is 10.4 Å². The van der Waals surface area contributed by atoms with Gasteiger partial charge in [0.2, 0.25) is 0 Å². The molecule has 2 rings (SSSR count). The number of carboxylic acids is 1. The maximum Gasteiger partial charge on any atom is 0.330 e. The van der Waals surface area contributed by atoms with Crippen molar-refractivity contribution in [1.29, 1.82) is 0 Å². The average Bonchev–Trinajstić information content (AvgIpc) is 2.39. The van der Waals surface area contributed by atoms with Crippen LogP contribution in [0.1, 0.15) is 11.6 Å². The lowest BCUT2D eigenvalue weighted by molar-refractivity contribution is -0.138. The summed E-state index contributed by atoms with van der Waals surface area (Å²) in [5.74, 6) is -0.918. The Morgan fingerprint density at radius 2 is 1.68 bits per heavy atom. The Bertz CT molecular complexity index is 584. The topological polar surface area (TPSA) is 49.3 Å². The number of hydrogen-bond acceptors (Lipinski definition) is 2. The largest absolute Gasteiger partial charge is 0.479 e. The monoisotopic (exact) mass is 383 g/mol. The van der Waals surface area contributed by atoms with Crippen LogP contribution < -0.4 is 5.32 Å². The lowest BCUT2D eigenvalue weighted by Gasteiger charge is -2.17. The van der Waals surface area contributed by atoms with Gasteiger partial charge in [-0.05, 0) is 45.8 Å². The van der Waals surface area contributed by atoms with E-state index in [4.69, 9.17) is 0 Å². The maximum atomic E-state index is 11.4. The van der Waals surface area contributed by atoms with Crippen LogP contribution >= 0.6 is 31.9 Å². The fraction of sp³-hybridized carbons (Fsp3) is 0.0714. The first-order valence-corrected chi connectivity index (χ1v) is 7.16. The van der Waals surface area contributed by atoms with Crippen molar-refractivity contribution in [3.05, 3.63) is 63.0 Å². The van der Waals surface area contributed by atoms with Crippen molar-refractivity contribution in [2.75, 3.05) is 5.32 Å². The van der Waals surface area contributed by atoms with Crippen LogP contribution in [0, 0.1) is 0 Å². The molecule has 0 saturated carbocycles. The molecule has 0 aromatic heterocycles. The van der Waals surface area contributed by atoms with Gasteiger partial charge in [-0.1, -0.05) is 40.2 Å². The molecule has 5 heteroatoms. The van der Waals surface area contributed by atoms with Gasteiger partial charge in [0.05, 0.1) is 0 Å². The van der Waals surface area contributed by atoms with Gasteiger partial charge in [-0.2, -0.15) is 0 Å². The summed E-state index contributed by atoms with van der Waals surface area (Å²) < 4.78 is 1.75. The molecule has 0 bridgehead atoms. The average molecular weight is 385 g/mol. The minimum atomic E-state index is -0.918. The second-order valence-electron chi connectivity index (χ2n) is 3.95. The van der Waals surface area contributed by atoms with E-state index in [0.29, 0.717) is 5.56 Å². The quantitative estimate of drug-likeness (QED) is 0.818. The molecule has 0 aliphatic rings. The predicted octanol–water partition coefficient (Wildman–Crippen LogP) is 4.45. The molecule has 1 atom stereocenters. The fourth-order valence-electron chi connectivity index (χ4n) is 1.68. The van der Waals surface area contributed by atoms with E-state index in [-0.39, 0.29) is 0 Å². The fourth-order valence-corrected chi connectivity index (χ4v) is 2.34. The van der Waals surface area contributed by atoms with Gasteiger partial charge in [0.25, 0.3) is 0 Å². The number of carbonyl (C=O) groups is 1. The zero-order chi connectivity index (χ0) is 13.8. The predicted molar refractivity (Wildman–Crippen MR) is 82.3 cm³/mol. The summed E-state index contributed by atoms with van der Waals surface area (Å²) in [5, 5.41) is 12.4. The first kappa shape index (κ1) is 14.1. The van der Waals surface area contributed by atoms with Gasteiger partial charge >= 0.3 is 5.97 Å². The summed E-state index contributed by atoms with van der Waals surface area (Å²) in [6.07, 6.45) is 0. The molecule has 0 radical (unpaired) electrons. The Labute approximate surface area is 127 Å². The first-order chi connectivity index (χ1) is 9.08. The van der Waals surface area contributed by atoms with E-state index in [1.54, 1.807) is 12.1 Å². The molecule has 2 N–H and O–H groups in total. The summed E-state index contributed by atoms with van der Waals surface area (Å²) >= 11 is 6.73. The van der Waals surface area contributed by atoms with Gasteiger partial charge in [0, 0.05) is 14.6 Å². The van der Waals surface area contributed by atoms with E-state index in [1.807, 2.05) is 36.4 Å². The molecule has 3 nitrogen and oxygen atoms in total. The number of benzene rings is 2.